The van der Waals surface area contributed by atoms with Crippen LogP contribution in [0.3, 0.4) is 0 Å². The molecule has 32 heavy (non-hydrogen) atoms. The molecule has 0 N–H and O–H groups in total. The predicted molar refractivity (Wildman–Crippen MR) is 122 cm³/mol. The minimum Gasteiger partial charge on any atom is -0.339 e. The van der Waals surface area contributed by atoms with Crippen molar-refractivity contribution in [1.82, 2.24) is 18.9 Å². The van der Waals surface area contributed by atoms with Gasteiger partial charge in [0.15, 0.2) is 0 Å². The van der Waals surface area contributed by atoms with E-state index < -0.39 is 11.2 Å². The quantitative estimate of drug-likeness (QED) is 0.622. The molecule has 0 atom stereocenters. The van der Waals surface area contributed by atoms with E-state index in [1.54, 1.807) is 46.2 Å². The van der Waals surface area contributed by atoms with Crippen LogP contribution < -0.4 is 11.2 Å². The Hall–Kier alpha value is -3.68. The second-order valence-corrected chi connectivity index (χ2v) is 7.90. The maximum Gasteiger partial charge on any atom is 0.336 e. The van der Waals surface area contributed by atoms with E-state index in [0.29, 0.717) is 49.2 Å². The van der Waals surface area contributed by atoms with E-state index >= 15 is 0 Å². The van der Waals surface area contributed by atoms with Crippen LogP contribution >= 0.6 is 0 Å². The SMILES string of the molecule is CCc1ccccc1-n1c(=O)c2ccccc2n(CC(=O)N2CCN(C(C)=O)CC2)c1=O. The van der Waals surface area contributed by atoms with Crippen molar-refractivity contribution in [3.8, 4) is 5.69 Å². The molecule has 1 saturated heterocycles. The van der Waals surface area contributed by atoms with E-state index in [-0.39, 0.29) is 18.4 Å². The monoisotopic (exact) mass is 434 g/mol. The van der Waals surface area contributed by atoms with Crippen LogP contribution in [0, 0.1) is 0 Å². The van der Waals surface area contributed by atoms with Gasteiger partial charge in [0, 0.05) is 33.1 Å². The molecule has 2 heterocycles. The summed E-state index contributed by atoms with van der Waals surface area (Å²) in [6.07, 6.45) is 0.661. The lowest BCUT2D eigenvalue weighted by Gasteiger charge is -2.34. The molecule has 0 saturated carbocycles. The van der Waals surface area contributed by atoms with Gasteiger partial charge in [-0.05, 0) is 30.2 Å². The second kappa shape index (κ2) is 8.82. The lowest BCUT2D eigenvalue weighted by molar-refractivity contribution is -0.138. The molecule has 1 aliphatic rings. The predicted octanol–water partition coefficient (Wildman–Crippen LogP) is 1.41. The lowest BCUT2D eigenvalue weighted by Crippen LogP contribution is -2.51. The van der Waals surface area contributed by atoms with Crippen molar-refractivity contribution in [2.45, 2.75) is 26.8 Å². The van der Waals surface area contributed by atoms with E-state index in [2.05, 4.69) is 0 Å². The smallest absolute Gasteiger partial charge is 0.336 e. The topological polar surface area (TPSA) is 84.6 Å². The van der Waals surface area contributed by atoms with Crippen LogP contribution in [0.25, 0.3) is 16.6 Å². The summed E-state index contributed by atoms with van der Waals surface area (Å²) in [5, 5.41) is 0.382. The average molecular weight is 434 g/mol. The Kier molecular flexibility index (Phi) is 5.94. The summed E-state index contributed by atoms with van der Waals surface area (Å²) >= 11 is 0. The van der Waals surface area contributed by atoms with Gasteiger partial charge >= 0.3 is 5.69 Å². The number of carbonyl (C=O) groups is 2. The van der Waals surface area contributed by atoms with Gasteiger partial charge in [0.1, 0.15) is 6.54 Å². The van der Waals surface area contributed by atoms with Crippen LogP contribution in [0.15, 0.2) is 58.1 Å². The van der Waals surface area contributed by atoms with Gasteiger partial charge in [0.25, 0.3) is 5.56 Å². The summed E-state index contributed by atoms with van der Waals surface area (Å²) in [7, 11) is 0. The van der Waals surface area contributed by atoms with Crippen molar-refractivity contribution in [2.24, 2.45) is 0 Å². The van der Waals surface area contributed by atoms with Crippen molar-refractivity contribution in [3.05, 3.63) is 74.9 Å². The molecular weight excluding hydrogens is 408 g/mol. The maximum absolute atomic E-state index is 13.5. The summed E-state index contributed by atoms with van der Waals surface area (Å²) in [5.74, 6) is -0.226. The van der Waals surface area contributed by atoms with E-state index in [4.69, 9.17) is 0 Å². The number of amides is 2. The van der Waals surface area contributed by atoms with Crippen molar-refractivity contribution in [3.63, 3.8) is 0 Å². The largest absolute Gasteiger partial charge is 0.339 e. The Morgan fingerprint density at radius 1 is 0.875 bits per heavy atom. The molecule has 4 rings (SSSR count). The Morgan fingerprint density at radius 3 is 2.19 bits per heavy atom. The van der Waals surface area contributed by atoms with Gasteiger partial charge in [-0.2, -0.15) is 0 Å². The van der Waals surface area contributed by atoms with Crippen LogP contribution in [0.5, 0.6) is 0 Å². The van der Waals surface area contributed by atoms with Gasteiger partial charge in [-0.1, -0.05) is 37.3 Å². The maximum atomic E-state index is 13.5. The van der Waals surface area contributed by atoms with E-state index in [1.807, 2.05) is 19.1 Å². The number of hydrogen-bond acceptors (Lipinski definition) is 4. The number of aryl methyl sites for hydroxylation is 1. The molecule has 0 radical (unpaired) electrons. The van der Waals surface area contributed by atoms with Crippen molar-refractivity contribution in [2.75, 3.05) is 26.2 Å². The summed E-state index contributed by atoms with van der Waals surface area (Å²) in [5.41, 5.74) is 0.909. The fourth-order valence-electron chi connectivity index (χ4n) is 4.22. The zero-order valence-corrected chi connectivity index (χ0v) is 18.3. The Labute approximate surface area is 185 Å². The number of fused-ring (bicyclic) bond motifs is 1. The Morgan fingerprint density at radius 2 is 1.50 bits per heavy atom. The molecule has 1 aromatic heterocycles. The molecule has 0 spiro atoms. The Bertz CT molecular complexity index is 1300. The first-order chi connectivity index (χ1) is 15.4. The van der Waals surface area contributed by atoms with Gasteiger partial charge in [0.05, 0.1) is 16.6 Å². The number of hydrogen-bond donors (Lipinski definition) is 0. The molecule has 0 aliphatic carbocycles. The molecule has 2 aromatic carbocycles. The summed E-state index contributed by atoms with van der Waals surface area (Å²) < 4.78 is 2.55. The van der Waals surface area contributed by atoms with Gasteiger partial charge in [-0.25, -0.2) is 9.36 Å². The number of para-hydroxylation sites is 2. The van der Waals surface area contributed by atoms with Crippen molar-refractivity contribution < 1.29 is 9.59 Å². The van der Waals surface area contributed by atoms with Crippen molar-refractivity contribution in [1.29, 1.82) is 0 Å². The summed E-state index contributed by atoms with van der Waals surface area (Å²) in [6.45, 7) is 5.09. The lowest BCUT2D eigenvalue weighted by atomic mass is 10.1. The number of nitrogens with zero attached hydrogens (tertiary/aromatic N) is 4. The molecule has 1 aliphatic heterocycles. The minimum atomic E-state index is -0.537. The van der Waals surface area contributed by atoms with Crippen LogP contribution in [0.1, 0.15) is 19.4 Å². The summed E-state index contributed by atoms with van der Waals surface area (Å²) in [6, 6.07) is 14.2. The zero-order chi connectivity index (χ0) is 22.8. The first-order valence-corrected chi connectivity index (χ1v) is 10.8. The first-order valence-electron chi connectivity index (χ1n) is 10.8. The van der Waals surface area contributed by atoms with Crippen molar-refractivity contribution >= 4 is 22.7 Å². The van der Waals surface area contributed by atoms with E-state index in [0.717, 1.165) is 5.56 Å². The number of benzene rings is 2. The highest BCUT2D eigenvalue weighted by atomic mass is 16.2. The number of carbonyl (C=O) groups excluding carboxylic acids is 2. The van der Waals surface area contributed by atoms with Crippen LogP contribution in [0.4, 0.5) is 0 Å². The van der Waals surface area contributed by atoms with E-state index in [1.165, 1.54) is 16.1 Å². The molecule has 2 amide bonds. The van der Waals surface area contributed by atoms with Crippen LogP contribution in [0.2, 0.25) is 0 Å². The third-order valence-corrected chi connectivity index (χ3v) is 6.04. The van der Waals surface area contributed by atoms with Gasteiger partial charge in [-0.15, -0.1) is 0 Å². The highest BCUT2D eigenvalue weighted by Gasteiger charge is 2.24. The van der Waals surface area contributed by atoms with Gasteiger partial charge in [-0.3, -0.25) is 19.0 Å². The first kappa shape index (κ1) is 21.5. The van der Waals surface area contributed by atoms with Crippen LogP contribution in [-0.2, 0) is 22.6 Å². The molecule has 8 nitrogen and oxygen atoms in total. The molecule has 1 fully saturated rings. The highest BCUT2D eigenvalue weighted by Crippen LogP contribution is 2.15. The second-order valence-electron chi connectivity index (χ2n) is 7.90. The van der Waals surface area contributed by atoms with Crippen LogP contribution in [-0.4, -0.2) is 56.9 Å². The van der Waals surface area contributed by atoms with Gasteiger partial charge in [0.2, 0.25) is 11.8 Å². The Balaban J connectivity index is 1.78. The number of aromatic nitrogens is 2. The molecule has 0 unspecified atom stereocenters. The zero-order valence-electron chi connectivity index (χ0n) is 18.3. The number of piperazine rings is 1. The summed E-state index contributed by atoms with van der Waals surface area (Å²) in [4.78, 5) is 54.8. The molecular formula is C24H26N4O4. The molecule has 3 aromatic rings. The number of rotatable bonds is 4. The fraction of sp³-hybridized carbons (Fsp3) is 0.333. The third-order valence-electron chi connectivity index (χ3n) is 6.04. The third kappa shape index (κ3) is 3.84. The average Bonchev–Trinajstić information content (AvgIpc) is 2.82. The van der Waals surface area contributed by atoms with E-state index in [9.17, 15) is 19.2 Å². The standard InChI is InChI=1S/C24H26N4O4/c1-3-18-8-4-6-10-20(18)28-23(31)19-9-5-7-11-21(19)27(24(28)32)16-22(30)26-14-12-25(13-15-26)17(2)29/h4-11H,3,12-16H2,1-2H3. The fourth-order valence-corrected chi connectivity index (χ4v) is 4.22. The highest BCUT2D eigenvalue weighted by molar-refractivity contribution is 5.82. The molecule has 166 valence electrons. The molecule has 0 bridgehead atoms. The molecule has 8 heteroatoms. The normalized spacial score (nSPS) is 14.1. The minimum absolute atomic E-state index is 0.0130. The van der Waals surface area contributed by atoms with Gasteiger partial charge < -0.3 is 9.80 Å².